The lowest BCUT2D eigenvalue weighted by molar-refractivity contribution is 0.509. The summed E-state index contributed by atoms with van der Waals surface area (Å²) in [6, 6.07) is 0. The molecule has 0 aliphatic heterocycles. The first-order valence-electron chi connectivity index (χ1n) is 7.40. The zero-order valence-corrected chi connectivity index (χ0v) is 13.6. The molecule has 2 aromatic rings. The second kappa shape index (κ2) is 5.86. The van der Waals surface area contributed by atoms with Crippen LogP contribution in [0, 0.1) is 5.92 Å². The fraction of sp³-hybridized carbons (Fsp3) is 0.600. The number of rotatable bonds is 4. The standard InChI is InChI=1S/C15H20ClN3S/c1-3-4-7-17-15-18-13(16)12-10-6-5-9(2)8-11(10)20-14(12)19-15/h9H,3-8H2,1-2H3,(H,17,18,19). The van der Waals surface area contributed by atoms with E-state index in [1.54, 1.807) is 11.3 Å². The molecule has 3 nitrogen and oxygen atoms in total. The number of hydrogen-bond donors (Lipinski definition) is 1. The molecule has 0 fully saturated rings. The van der Waals surface area contributed by atoms with Crippen LogP contribution in [0.2, 0.25) is 5.15 Å². The number of aryl methyl sites for hydroxylation is 1. The van der Waals surface area contributed by atoms with E-state index < -0.39 is 0 Å². The summed E-state index contributed by atoms with van der Waals surface area (Å²) in [6.45, 7) is 5.39. The Morgan fingerprint density at radius 3 is 3.05 bits per heavy atom. The monoisotopic (exact) mass is 309 g/mol. The van der Waals surface area contributed by atoms with Gasteiger partial charge in [-0.25, -0.2) is 9.97 Å². The van der Waals surface area contributed by atoms with Gasteiger partial charge in [0.15, 0.2) is 0 Å². The van der Waals surface area contributed by atoms with E-state index in [9.17, 15) is 0 Å². The predicted molar refractivity (Wildman–Crippen MR) is 87.0 cm³/mol. The smallest absolute Gasteiger partial charge is 0.225 e. The highest BCUT2D eigenvalue weighted by atomic mass is 35.5. The van der Waals surface area contributed by atoms with Gasteiger partial charge in [0.2, 0.25) is 5.95 Å². The molecule has 3 rings (SSSR count). The van der Waals surface area contributed by atoms with Gasteiger partial charge in [0.05, 0.1) is 5.39 Å². The van der Waals surface area contributed by atoms with Crippen LogP contribution >= 0.6 is 22.9 Å². The molecule has 0 aromatic carbocycles. The molecular formula is C15H20ClN3S. The SMILES string of the molecule is CCCCNc1nc(Cl)c2c3c(sc2n1)CC(C)CC3. The zero-order chi connectivity index (χ0) is 14.1. The van der Waals surface area contributed by atoms with Gasteiger partial charge in [-0.1, -0.05) is 31.9 Å². The lowest BCUT2D eigenvalue weighted by atomic mass is 9.89. The molecule has 1 atom stereocenters. The maximum atomic E-state index is 6.41. The topological polar surface area (TPSA) is 37.8 Å². The van der Waals surface area contributed by atoms with Crippen molar-refractivity contribution in [2.45, 2.75) is 46.0 Å². The molecule has 0 radical (unpaired) electrons. The number of thiophene rings is 1. The molecule has 1 aliphatic carbocycles. The number of unbranched alkanes of at least 4 members (excludes halogenated alkanes) is 1. The summed E-state index contributed by atoms with van der Waals surface area (Å²) < 4.78 is 0. The van der Waals surface area contributed by atoms with E-state index in [0.717, 1.165) is 48.4 Å². The Labute approximate surface area is 128 Å². The molecule has 5 heteroatoms. The van der Waals surface area contributed by atoms with Crippen LogP contribution < -0.4 is 5.32 Å². The molecular weight excluding hydrogens is 290 g/mol. The van der Waals surface area contributed by atoms with Gasteiger partial charge in [-0.05, 0) is 37.2 Å². The first-order valence-corrected chi connectivity index (χ1v) is 8.60. The highest BCUT2D eigenvalue weighted by Gasteiger charge is 2.23. The Morgan fingerprint density at radius 2 is 2.25 bits per heavy atom. The van der Waals surface area contributed by atoms with Gasteiger partial charge in [-0.3, -0.25) is 0 Å². The van der Waals surface area contributed by atoms with Gasteiger partial charge in [0, 0.05) is 11.4 Å². The number of fused-ring (bicyclic) bond motifs is 3. The molecule has 0 saturated carbocycles. The first kappa shape index (κ1) is 14.1. The molecule has 0 saturated heterocycles. The second-order valence-electron chi connectivity index (χ2n) is 5.65. The average Bonchev–Trinajstić information content (AvgIpc) is 2.76. The lowest BCUT2D eigenvalue weighted by Crippen LogP contribution is -2.09. The molecule has 2 aromatic heterocycles. The number of nitrogens with zero attached hydrogens (tertiary/aromatic N) is 2. The van der Waals surface area contributed by atoms with Crippen LogP contribution in [0.25, 0.3) is 10.2 Å². The second-order valence-corrected chi connectivity index (χ2v) is 7.09. The normalized spacial score (nSPS) is 18.2. The van der Waals surface area contributed by atoms with Crippen LogP contribution in [0.1, 0.15) is 43.6 Å². The largest absolute Gasteiger partial charge is 0.354 e. The quantitative estimate of drug-likeness (QED) is 0.658. The van der Waals surface area contributed by atoms with E-state index in [0.29, 0.717) is 11.1 Å². The van der Waals surface area contributed by atoms with E-state index in [4.69, 9.17) is 11.6 Å². The molecule has 108 valence electrons. The van der Waals surface area contributed by atoms with Gasteiger partial charge in [-0.2, -0.15) is 0 Å². The van der Waals surface area contributed by atoms with Crippen LogP contribution in [-0.4, -0.2) is 16.5 Å². The predicted octanol–water partition coefficient (Wildman–Crippen LogP) is 4.68. The molecule has 2 heterocycles. The van der Waals surface area contributed by atoms with E-state index in [-0.39, 0.29) is 0 Å². The van der Waals surface area contributed by atoms with Crippen molar-refractivity contribution in [2.24, 2.45) is 5.92 Å². The molecule has 1 unspecified atom stereocenters. The van der Waals surface area contributed by atoms with Crippen molar-refractivity contribution in [2.75, 3.05) is 11.9 Å². The molecule has 0 amide bonds. The van der Waals surface area contributed by atoms with E-state index in [1.165, 1.54) is 16.9 Å². The van der Waals surface area contributed by atoms with Gasteiger partial charge in [0.1, 0.15) is 9.98 Å². The highest BCUT2D eigenvalue weighted by molar-refractivity contribution is 7.19. The van der Waals surface area contributed by atoms with Crippen LogP contribution in [0.3, 0.4) is 0 Å². The number of anilines is 1. The molecule has 1 N–H and O–H groups in total. The molecule has 0 bridgehead atoms. The van der Waals surface area contributed by atoms with Gasteiger partial charge in [-0.15, -0.1) is 11.3 Å². The Kier molecular flexibility index (Phi) is 4.13. The van der Waals surface area contributed by atoms with Crippen molar-refractivity contribution in [1.82, 2.24) is 9.97 Å². The maximum absolute atomic E-state index is 6.41. The van der Waals surface area contributed by atoms with E-state index in [1.807, 2.05) is 0 Å². The fourth-order valence-corrected chi connectivity index (χ4v) is 4.48. The van der Waals surface area contributed by atoms with Crippen molar-refractivity contribution in [1.29, 1.82) is 0 Å². The highest BCUT2D eigenvalue weighted by Crippen LogP contribution is 2.40. The van der Waals surface area contributed by atoms with E-state index in [2.05, 4.69) is 29.1 Å². The molecule has 1 aliphatic rings. The number of aromatic nitrogens is 2. The summed E-state index contributed by atoms with van der Waals surface area (Å²) in [5, 5.41) is 4.98. The zero-order valence-electron chi connectivity index (χ0n) is 12.0. The summed E-state index contributed by atoms with van der Waals surface area (Å²) in [6.07, 6.45) is 5.80. The van der Waals surface area contributed by atoms with Crippen molar-refractivity contribution < 1.29 is 0 Å². The van der Waals surface area contributed by atoms with Crippen molar-refractivity contribution in [3.05, 3.63) is 15.6 Å². The Morgan fingerprint density at radius 1 is 1.40 bits per heavy atom. The number of halogens is 1. The number of nitrogens with one attached hydrogen (secondary N) is 1. The van der Waals surface area contributed by atoms with Crippen LogP contribution in [-0.2, 0) is 12.8 Å². The van der Waals surface area contributed by atoms with Crippen LogP contribution in [0.4, 0.5) is 5.95 Å². The molecule has 20 heavy (non-hydrogen) atoms. The van der Waals surface area contributed by atoms with Gasteiger partial charge >= 0.3 is 0 Å². The first-order chi connectivity index (χ1) is 9.69. The summed E-state index contributed by atoms with van der Waals surface area (Å²) in [5.74, 6) is 1.44. The maximum Gasteiger partial charge on any atom is 0.225 e. The third-order valence-corrected chi connectivity index (χ3v) is 5.35. The van der Waals surface area contributed by atoms with Crippen molar-refractivity contribution in [3.8, 4) is 0 Å². The van der Waals surface area contributed by atoms with Crippen molar-refractivity contribution in [3.63, 3.8) is 0 Å². The number of hydrogen-bond acceptors (Lipinski definition) is 4. The minimum atomic E-state index is 0.612. The van der Waals surface area contributed by atoms with Crippen LogP contribution in [0.5, 0.6) is 0 Å². The summed E-state index contributed by atoms with van der Waals surface area (Å²) in [5.41, 5.74) is 1.40. The summed E-state index contributed by atoms with van der Waals surface area (Å²) in [4.78, 5) is 11.6. The average molecular weight is 310 g/mol. The van der Waals surface area contributed by atoms with Gasteiger partial charge in [0.25, 0.3) is 0 Å². The minimum Gasteiger partial charge on any atom is -0.354 e. The van der Waals surface area contributed by atoms with Crippen molar-refractivity contribution >= 4 is 39.1 Å². The third-order valence-electron chi connectivity index (χ3n) is 3.92. The Balaban J connectivity index is 1.96. The van der Waals surface area contributed by atoms with Gasteiger partial charge < -0.3 is 5.32 Å². The summed E-state index contributed by atoms with van der Waals surface area (Å²) >= 11 is 8.20. The van der Waals surface area contributed by atoms with Crippen LogP contribution in [0.15, 0.2) is 0 Å². The Bertz CT molecular complexity index is 623. The fourth-order valence-electron chi connectivity index (χ4n) is 2.75. The molecule has 0 spiro atoms. The van der Waals surface area contributed by atoms with E-state index >= 15 is 0 Å². The Hall–Kier alpha value is -0.870. The minimum absolute atomic E-state index is 0.612. The third kappa shape index (κ3) is 2.63. The summed E-state index contributed by atoms with van der Waals surface area (Å²) in [7, 11) is 0. The lowest BCUT2D eigenvalue weighted by Gasteiger charge is -2.17.